The van der Waals surface area contributed by atoms with Crippen LogP contribution >= 0.6 is 11.8 Å². The molecule has 21 heavy (non-hydrogen) atoms. The van der Waals surface area contributed by atoms with Gasteiger partial charge in [-0.15, -0.1) is 11.8 Å². The number of ether oxygens (including phenoxy) is 1. The third-order valence-corrected chi connectivity index (χ3v) is 3.41. The standard InChI is InChI=1S/C14H20N2O4S/c1-16(2)7-10-4-5-12(20-3)11(6-10)15-13(17)8-21-9-14(18)19/h4-6H,7-9H2,1-3H3,(H,15,17)(H,18,19). The van der Waals surface area contributed by atoms with E-state index in [2.05, 4.69) is 5.32 Å². The van der Waals surface area contributed by atoms with Crippen LogP contribution in [0.25, 0.3) is 0 Å². The fourth-order valence-corrected chi connectivity index (χ4v) is 2.27. The highest BCUT2D eigenvalue weighted by Crippen LogP contribution is 2.26. The van der Waals surface area contributed by atoms with Crippen molar-refractivity contribution in [1.29, 1.82) is 0 Å². The number of nitrogens with zero attached hydrogens (tertiary/aromatic N) is 1. The number of rotatable bonds is 8. The average molecular weight is 312 g/mol. The molecule has 0 radical (unpaired) electrons. The Hall–Kier alpha value is -1.73. The Labute approximate surface area is 128 Å². The average Bonchev–Trinajstić information content (AvgIpc) is 2.37. The summed E-state index contributed by atoms with van der Waals surface area (Å²) in [5.41, 5.74) is 1.65. The van der Waals surface area contributed by atoms with Gasteiger partial charge in [0.1, 0.15) is 5.75 Å². The lowest BCUT2D eigenvalue weighted by molar-refractivity contribution is -0.133. The summed E-state index contributed by atoms with van der Waals surface area (Å²) in [5.74, 6) is -0.604. The minimum atomic E-state index is -0.932. The number of anilines is 1. The topological polar surface area (TPSA) is 78.9 Å². The second kappa shape index (κ2) is 8.53. The summed E-state index contributed by atoms with van der Waals surface area (Å²) in [6, 6.07) is 5.60. The number of carbonyl (C=O) groups is 2. The van der Waals surface area contributed by atoms with Crippen molar-refractivity contribution in [3.8, 4) is 5.75 Å². The molecule has 0 aromatic heterocycles. The fraction of sp³-hybridized carbons (Fsp3) is 0.429. The van der Waals surface area contributed by atoms with Gasteiger partial charge in [0.25, 0.3) is 0 Å². The molecule has 0 aliphatic rings. The SMILES string of the molecule is COc1ccc(CN(C)C)cc1NC(=O)CSCC(=O)O. The molecule has 1 rings (SSSR count). The van der Waals surface area contributed by atoms with E-state index in [1.54, 1.807) is 6.07 Å². The number of amides is 1. The number of hydrogen-bond acceptors (Lipinski definition) is 5. The first-order valence-corrected chi connectivity index (χ1v) is 7.49. The summed E-state index contributed by atoms with van der Waals surface area (Å²) in [5, 5.41) is 11.3. The van der Waals surface area contributed by atoms with E-state index < -0.39 is 5.97 Å². The third kappa shape index (κ3) is 6.50. The van der Waals surface area contributed by atoms with Crippen LogP contribution in [0.2, 0.25) is 0 Å². The lowest BCUT2D eigenvalue weighted by Crippen LogP contribution is -2.17. The van der Waals surface area contributed by atoms with E-state index in [0.29, 0.717) is 11.4 Å². The molecule has 1 aromatic carbocycles. The molecule has 0 heterocycles. The molecule has 7 heteroatoms. The van der Waals surface area contributed by atoms with Gasteiger partial charge < -0.3 is 20.1 Å². The van der Waals surface area contributed by atoms with Crippen molar-refractivity contribution in [3.63, 3.8) is 0 Å². The van der Waals surface area contributed by atoms with E-state index >= 15 is 0 Å². The molecule has 0 aliphatic heterocycles. The third-order valence-electron chi connectivity index (χ3n) is 2.50. The molecule has 0 aliphatic carbocycles. The maximum Gasteiger partial charge on any atom is 0.313 e. The van der Waals surface area contributed by atoms with Crippen LogP contribution in [0.15, 0.2) is 18.2 Å². The maximum absolute atomic E-state index is 11.8. The Balaban J connectivity index is 2.70. The van der Waals surface area contributed by atoms with Crippen molar-refractivity contribution < 1.29 is 19.4 Å². The highest BCUT2D eigenvalue weighted by atomic mass is 32.2. The van der Waals surface area contributed by atoms with Gasteiger partial charge in [0, 0.05) is 6.54 Å². The molecule has 0 saturated heterocycles. The van der Waals surface area contributed by atoms with Crippen molar-refractivity contribution in [2.75, 3.05) is 38.0 Å². The van der Waals surface area contributed by atoms with Crippen LogP contribution in [0.3, 0.4) is 0 Å². The summed E-state index contributed by atoms with van der Waals surface area (Å²) >= 11 is 1.06. The van der Waals surface area contributed by atoms with Crippen molar-refractivity contribution in [3.05, 3.63) is 23.8 Å². The smallest absolute Gasteiger partial charge is 0.313 e. The van der Waals surface area contributed by atoms with Gasteiger partial charge in [-0.3, -0.25) is 9.59 Å². The van der Waals surface area contributed by atoms with Crippen LogP contribution in [0, 0.1) is 0 Å². The molecule has 116 valence electrons. The molecular weight excluding hydrogens is 292 g/mol. The van der Waals surface area contributed by atoms with Crippen LogP contribution in [0.1, 0.15) is 5.56 Å². The Morgan fingerprint density at radius 1 is 1.33 bits per heavy atom. The molecule has 1 aromatic rings. The second-order valence-electron chi connectivity index (χ2n) is 4.71. The number of aliphatic carboxylic acids is 1. The Morgan fingerprint density at radius 2 is 2.05 bits per heavy atom. The summed E-state index contributed by atoms with van der Waals surface area (Å²) in [6.45, 7) is 0.751. The van der Waals surface area contributed by atoms with E-state index in [1.165, 1.54) is 7.11 Å². The molecule has 0 bridgehead atoms. The zero-order valence-corrected chi connectivity index (χ0v) is 13.2. The first-order valence-electron chi connectivity index (χ1n) is 6.33. The minimum Gasteiger partial charge on any atom is -0.495 e. The molecule has 2 N–H and O–H groups in total. The molecule has 0 spiro atoms. The zero-order valence-electron chi connectivity index (χ0n) is 12.4. The molecule has 0 atom stereocenters. The normalized spacial score (nSPS) is 10.5. The van der Waals surface area contributed by atoms with E-state index in [0.717, 1.165) is 23.9 Å². The van der Waals surface area contributed by atoms with Gasteiger partial charge >= 0.3 is 5.97 Å². The predicted molar refractivity (Wildman–Crippen MR) is 84.0 cm³/mol. The van der Waals surface area contributed by atoms with Crippen molar-refractivity contribution >= 4 is 29.3 Å². The van der Waals surface area contributed by atoms with E-state index in [9.17, 15) is 9.59 Å². The van der Waals surface area contributed by atoms with Gasteiger partial charge in [0.2, 0.25) is 5.91 Å². The number of thioether (sulfide) groups is 1. The van der Waals surface area contributed by atoms with Gasteiger partial charge in [-0.2, -0.15) is 0 Å². The molecule has 0 saturated carbocycles. The molecular formula is C14H20N2O4S. The summed E-state index contributed by atoms with van der Waals surface area (Å²) in [4.78, 5) is 24.2. The number of hydrogen-bond donors (Lipinski definition) is 2. The number of carboxylic acid groups (broad SMARTS) is 1. The highest BCUT2D eigenvalue weighted by molar-refractivity contribution is 8.00. The van der Waals surface area contributed by atoms with Crippen molar-refractivity contribution in [1.82, 2.24) is 4.90 Å². The number of carbonyl (C=O) groups excluding carboxylic acids is 1. The first-order chi connectivity index (χ1) is 9.92. The van der Waals surface area contributed by atoms with Gasteiger partial charge in [0.05, 0.1) is 24.3 Å². The van der Waals surface area contributed by atoms with Crippen molar-refractivity contribution in [2.45, 2.75) is 6.54 Å². The Bertz CT molecular complexity index is 506. The van der Waals surface area contributed by atoms with Crippen molar-refractivity contribution in [2.24, 2.45) is 0 Å². The van der Waals surface area contributed by atoms with E-state index in [-0.39, 0.29) is 17.4 Å². The predicted octanol–water partition coefficient (Wildman–Crippen LogP) is 1.51. The van der Waals surface area contributed by atoms with Gasteiger partial charge in [-0.1, -0.05) is 6.07 Å². The zero-order chi connectivity index (χ0) is 15.8. The van der Waals surface area contributed by atoms with Gasteiger partial charge in [-0.25, -0.2) is 0 Å². The Morgan fingerprint density at radius 3 is 2.62 bits per heavy atom. The lowest BCUT2D eigenvalue weighted by atomic mass is 10.1. The number of methoxy groups -OCH3 is 1. The van der Waals surface area contributed by atoms with E-state index in [4.69, 9.17) is 9.84 Å². The first kappa shape index (κ1) is 17.3. The Kier molecular flexibility index (Phi) is 7.04. The number of carboxylic acids is 1. The molecule has 6 nitrogen and oxygen atoms in total. The number of nitrogens with one attached hydrogen (secondary N) is 1. The van der Waals surface area contributed by atoms with Gasteiger partial charge in [-0.05, 0) is 31.8 Å². The maximum atomic E-state index is 11.8. The highest BCUT2D eigenvalue weighted by Gasteiger charge is 2.10. The monoisotopic (exact) mass is 312 g/mol. The second-order valence-corrected chi connectivity index (χ2v) is 5.69. The summed E-state index contributed by atoms with van der Waals surface area (Å²) in [7, 11) is 5.46. The number of benzene rings is 1. The largest absolute Gasteiger partial charge is 0.495 e. The molecule has 0 fully saturated rings. The van der Waals surface area contributed by atoms with Crippen LogP contribution in [0.5, 0.6) is 5.75 Å². The van der Waals surface area contributed by atoms with E-state index in [1.807, 2.05) is 31.1 Å². The van der Waals surface area contributed by atoms with Crippen LogP contribution in [-0.2, 0) is 16.1 Å². The summed E-state index contributed by atoms with van der Waals surface area (Å²) in [6.07, 6.45) is 0. The summed E-state index contributed by atoms with van der Waals surface area (Å²) < 4.78 is 5.22. The molecule has 1 amide bonds. The fourth-order valence-electron chi connectivity index (χ4n) is 1.73. The minimum absolute atomic E-state index is 0.0906. The van der Waals surface area contributed by atoms with Crippen LogP contribution < -0.4 is 10.1 Å². The van der Waals surface area contributed by atoms with Crippen LogP contribution in [-0.4, -0.2) is 54.6 Å². The molecule has 0 unspecified atom stereocenters. The quantitative estimate of drug-likeness (QED) is 0.757. The van der Waals surface area contributed by atoms with Gasteiger partial charge in [0.15, 0.2) is 0 Å². The lowest BCUT2D eigenvalue weighted by Gasteiger charge is -2.14. The van der Waals surface area contributed by atoms with Crippen LogP contribution in [0.4, 0.5) is 5.69 Å².